The predicted octanol–water partition coefficient (Wildman–Crippen LogP) is 1.40. The Morgan fingerprint density at radius 2 is 1.57 bits per heavy atom. The molecular formula is C15H14N2O4. The molecule has 108 valence electrons. The molecule has 1 unspecified atom stereocenters. The van der Waals surface area contributed by atoms with Crippen LogP contribution in [0.5, 0.6) is 0 Å². The van der Waals surface area contributed by atoms with Crippen LogP contribution in [-0.2, 0) is 19.1 Å². The van der Waals surface area contributed by atoms with E-state index < -0.39 is 29.6 Å². The van der Waals surface area contributed by atoms with Crippen molar-refractivity contribution in [2.75, 3.05) is 14.2 Å². The summed E-state index contributed by atoms with van der Waals surface area (Å²) in [7, 11) is 1.92. The topological polar surface area (TPSA) is 100 Å². The van der Waals surface area contributed by atoms with Crippen molar-refractivity contribution >= 4 is 11.9 Å². The highest BCUT2D eigenvalue weighted by molar-refractivity contribution is 5.96. The summed E-state index contributed by atoms with van der Waals surface area (Å²) in [4.78, 5) is 24.2. The van der Waals surface area contributed by atoms with Crippen molar-refractivity contribution in [1.82, 2.24) is 0 Å². The third-order valence-corrected chi connectivity index (χ3v) is 2.76. The van der Waals surface area contributed by atoms with Gasteiger partial charge in [-0.3, -0.25) is 9.59 Å². The van der Waals surface area contributed by atoms with Gasteiger partial charge in [0.25, 0.3) is 0 Å². The number of carbonyl (C=O) groups is 2. The van der Waals surface area contributed by atoms with E-state index in [1.165, 1.54) is 36.4 Å². The summed E-state index contributed by atoms with van der Waals surface area (Å²) in [5.74, 6) is -9.73. The number of carbonyl (C=O) groups excluding carboxylic acids is 2. The Morgan fingerprint density at radius 3 is 1.95 bits per heavy atom. The second kappa shape index (κ2) is 7.66. The van der Waals surface area contributed by atoms with E-state index in [-0.39, 0.29) is 5.56 Å². The van der Waals surface area contributed by atoms with E-state index >= 15 is 0 Å². The van der Waals surface area contributed by atoms with E-state index in [4.69, 9.17) is 2.74 Å². The highest BCUT2D eigenvalue weighted by Crippen LogP contribution is 2.33. The molecule has 0 N–H and O–H groups in total. The molecule has 0 fully saturated rings. The van der Waals surface area contributed by atoms with Crippen molar-refractivity contribution in [1.29, 1.82) is 10.5 Å². The summed E-state index contributed by atoms with van der Waals surface area (Å²) in [6.45, 7) is 0. The van der Waals surface area contributed by atoms with Crippen molar-refractivity contribution in [3.05, 3.63) is 35.9 Å². The Labute approximate surface area is 125 Å². The fourth-order valence-electron chi connectivity index (χ4n) is 1.82. The summed E-state index contributed by atoms with van der Waals surface area (Å²) in [6, 6.07) is 10.4. The van der Waals surface area contributed by atoms with Gasteiger partial charge >= 0.3 is 11.9 Å². The van der Waals surface area contributed by atoms with Gasteiger partial charge in [0.05, 0.1) is 29.1 Å². The summed E-state index contributed by atoms with van der Waals surface area (Å²) < 4.78 is 25.4. The third-order valence-electron chi connectivity index (χ3n) is 2.76. The number of methoxy groups -OCH3 is 2. The molecule has 0 aliphatic rings. The Morgan fingerprint density at radius 1 is 1.10 bits per heavy atom. The maximum absolute atomic E-state index is 12.1. The summed E-state index contributed by atoms with van der Waals surface area (Å²) in [5.41, 5.74) is 0.122. The molecule has 0 saturated heterocycles. The molecule has 0 aliphatic heterocycles. The van der Waals surface area contributed by atoms with Crippen LogP contribution in [0, 0.1) is 34.5 Å². The molecule has 6 heteroatoms. The normalized spacial score (nSPS) is 13.7. The van der Waals surface area contributed by atoms with E-state index in [1.807, 2.05) is 0 Å². The predicted molar refractivity (Wildman–Crippen MR) is 71.4 cm³/mol. The van der Waals surface area contributed by atoms with Gasteiger partial charge in [0.15, 0.2) is 5.89 Å². The van der Waals surface area contributed by atoms with Crippen molar-refractivity contribution in [3.63, 3.8) is 0 Å². The lowest BCUT2D eigenvalue weighted by molar-refractivity contribution is -0.160. The number of ether oxygens (including phenoxy) is 2. The molecule has 0 bridgehead atoms. The number of benzene rings is 1. The zero-order valence-corrected chi connectivity index (χ0v) is 11.5. The molecule has 0 aliphatic carbocycles. The molecule has 1 aromatic rings. The number of esters is 2. The molecule has 0 amide bonds. The van der Waals surface area contributed by atoms with E-state index in [0.29, 0.717) is 0 Å². The standard InChI is InChI=1S/C15H14N2O4/c1-20-14(18)13(15(19)21-2)12(11(8-16)9-17)10-6-4-3-5-7-10/h3-7,11-13H,1-2H3/i11D,13D. The number of nitriles is 2. The van der Waals surface area contributed by atoms with Gasteiger partial charge in [0, 0.05) is 5.92 Å². The fourth-order valence-corrected chi connectivity index (χ4v) is 1.82. The van der Waals surface area contributed by atoms with Crippen LogP contribution >= 0.6 is 0 Å². The fraction of sp³-hybridized carbons (Fsp3) is 0.333. The minimum atomic E-state index is -2.78. The van der Waals surface area contributed by atoms with E-state index in [1.54, 1.807) is 6.07 Å². The van der Waals surface area contributed by atoms with Gasteiger partial charge in [-0.15, -0.1) is 0 Å². The SMILES string of the molecule is [2H]C(C#N)(C#N)C(c1ccccc1)C([2H])(C(=O)OC)C(=O)OC. The Balaban J connectivity index is 3.74. The zero-order valence-electron chi connectivity index (χ0n) is 13.5. The second-order valence-corrected chi connectivity index (χ2v) is 3.88. The Kier molecular flexibility index (Phi) is 4.79. The summed E-state index contributed by atoms with van der Waals surface area (Å²) in [6.07, 6.45) is 0. The Hall–Kier alpha value is -2.86. The van der Waals surface area contributed by atoms with Gasteiger partial charge in [-0.25, -0.2) is 0 Å². The van der Waals surface area contributed by atoms with Crippen LogP contribution < -0.4 is 0 Å². The first kappa shape index (κ1) is 13.1. The van der Waals surface area contributed by atoms with Crippen LogP contribution in [0.15, 0.2) is 30.3 Å². The number of rotatable bonds is 5. The second-order valence-electron chi connectivity index (χ2n) is 3.88. The average Bonchev–Trinajstić information content (AvgIpc) is 2.60. The molecule has 1 rings (SSSR count). The molecule has 21 heavy (non-hydrogen) atoms. The largest absolute Gasteiger partial charge is 0.468 e. The lowest BCUT2D eigenvalue weighted by Crippen LogP contribution is -2.35. The first-order valence-corrected chi connectivity index (χ1v) is 5.86. The first-order chi connectivity index (χ1) is 10.8. The molecule has 0 aromatic heterocycles. The average molecular weight is 288 g/mol. The highest BCUT2D eigenvalue weighted by Gasteiger charge is 2.42. The molecule has 0 radical (unpaired) electrons. The minimum absolute atomic E-state index is 0.122. The number of nitrogens with zero attached hydrogens (tertiary/aromatic N) is 2. The maximum Gasteiger partial charge on any atom is 0.320 e. The molecular weight excluding hydrogens is 272 g/mol. The Bertz CT molecular complexity index is 649. The van der Waals surface area contributed by atoms with Crippen LogP contribution in [0.1, 0.15) is 14.2 Å². The number of hydrogen-bond donors (Lipinski definition) is 0. The van der Waals surface area contributed by atoms with Crippen molar-refractivity contribution < 1.29 is 21.8 Å². The third kappa shape index (κ3) is 3.58. The van der Waals surface area contributed by atoms with Gasteiger partial charge in [0.1, 0.15) is 5.89 Å². The van der Waals surface area contributed by atoms with E-state index in [0.717, 1.165) is 14.2 Å². The monoisotopic (exact) mass is 288 g/mol. The summed E-state index contributed by atoms with van der Waals surface area (Å²) in [5, 5.41) is 18.5. The lowest BCUT2D eigenvalue weighted by atomic mass is 9.77. The minimum Gasteiger partial charge on any atom is -0.468 e. The van der Waals surface area contributed by atoms with Gasteiger partial charge in [-0.05, 0) is 5.56 Å². The zero-order chi connectivity index (χ0) is 17.7. The molecule has 0 heterocycles. The smallest absolute Gasteiger partial charge is 0.320 e. The summed E-state index contributed by atoms with van der Waals surface area (Å²) >= 11 is 0. The quantitative estimate of drug-likeness (QED) is 0.599. The van der Waals surface area contributed by atoms with Crippen molar-refractivity contribution in [2.24, 2.45) is 11.8 Å². The molecule has 0 spiro atoms. The first-order valence-electron chi connectivity index (χ1n) is 6.86. The van der Waals surface area contributed by atoms with E-state index in [9.17, 15) is 20.1 Å². The van der Waals surface area contributed by atoms with Crippen molar-refractivity contribution in [2.45, 2.75) is 5.92 Å². The maximum atomic E-state index is 12.1. The van der Waals surface area contributed by atoms with E-state index in [2.05, 4.69) is 9.47 Å². The van der Waals surface area contributed by atoms with Crippen LogP contribution in [0.4, 0.5) is 0 Å². The van der Waals surface area contributed by atoms with Crippen molar-refractivity contribution in [3.8, 4) is 12.1 Å². The van der Waals surface area contributed by atoms with Gasteiger partial charge < -0.3 is 9.47 Å². The van der Waals surface area contributed by atoms with Crippen LogP contribution in [0.2, 0.25) is 0 Å². The number of hydrogen-bond acceptors (Lipinski definition) is 6. The van der Waals surface area contributed by atoms with Gasteiger partial charge in [-0.1, -0.05) is 30.3 Å². The highest BCUT2D eigenvalue weighted by atomic mass is 16.5. The molecule has 1 atom stereocenters. The van der Waals surface area contributed by atoms with Crippen LogP contribution in [0.25, 0.3) is 0 Å². The van der Waals surface area contributed by atoms with Crippen LogP contribution in [0.3, 0.4) is 0 Å². The molecule has 1 aromatic carbocycles. The molecule has 0 saturated carbocycles. The van der Waals surface area contributed by atoms with Gasteiger partial charge in [0.2, 0.25) is 0 Å². The van der Waals surface area contributed by atoms with Gasteiger partial charge in [-0.2, -0.15) is 10.5 Å². The lowest BCUT2D eigenvalue weighted by Gasteiger charge is -2.24. The van der Waals surface area contributed by atoms with Crippen LogP contribution in [-0.4, -0.2) is 26.2 Å². The molecule has 6 nitrogen and oxygen atoms in total.